The molecule has 0 spiro atoms. The smallest absolute Gasteiger partial charge is 0.383 e. The molecule has 1 saturated heterocycles. The first kappa shape index (κ1) is 27.1. The zero-order valence-electron chi connectivity index (χ0n) is 20.9. The van der Waals surface area contributed by atoms with Gasteiger partial charge in [0.2, 0.25) is 0 Å². The van der Waals surface area contributed by atoms with Gasteiger partial charge in [-0.1, -0.05) is 68.1 Å². The van der Waals surface area contributed by atoms with Gasteiger partial charge in [-0.3, -0.25) is 0 Å². The van der Waals surface area contributed by atoms with Crippen molar-refractivity contribution in [1.29, 1.82) is 0 Å². The molecule has 2 N–H and O–H groups in total. The van der Waals surface area contributed by atoms with Crippen molar-refractivity contribution in [3.8, 4) is 0 Å². The first-order chi connectivity index (χ1) is 18.2. The molecule has 0 atom stereocenters. The van der Waals surface area contributed by atoms with E-state index in [-0.39, 0.29) is 5.84 Å². The molecule has 1 aliphatic heterocycles. The van der Waals surface area contributed by atoms with Crippen LogP contribution in [0.4, 0.5) is 24.5 Å². The highest BCUT2D eigenvalue weighted by atomic mass is 32.2. The van der Waals surface area contributed by atoms with E-state index in [1.54, 1.807) is 30.1 Å². The molecule has 0 amide bonds. The third kappa shape index (κ3) is 6.89. The van der Waals surface area contributed by atoms with Gasteiger partial charge < -0.3 is 10.6 Å². The van der Waals surface area contributed by atoms with E-state index < -0.39 is 11.7 Å². The van der Waals surface area contributed by atoms with Crippen LogP contribution in [-0.2, 0) is 6.18 Å². The number of hydrogen-bond acceptors (Lipinski definition) is 4. The lowest BCUT2D eigenvalue weighted by Gasteiger charge is -2.22. The molecule has 0 unspecified atom stereocenters. The Morgan fingerprint density at radius 1 is 1.00 bits per heavy atom. The Balaban J connectivity index is 1.39. The van der Waals surface area contributed by atoms with Crippen LogP contribution in [0.25, 0.3) is 0 Å². The minimum absolute atomic E-state index is 0.228. The van der Waals surface area contributed by atoms with E-state index in [1.165, 1.54) is 29.7 Å². The number of halogens is 3. The molecule has 0 bridgehead atoms. The van der Waals surface area contributed by atoms with Crippen LogP contribution >= 0.6 is 11.8 Å². The number of amidine groups is 2. The summed E-state index contributed by atoms with van der Waals surface area (Å²) in [5.74, 6) is 1.59. The standard InChI is InChI=1S/C28H27F3N6S/c1-19(2)24-5-3-4-6-25(24)37-15-16-38-27(37)36-35-17-20-7-9-21(10-8-20)26(32)34-18-33-23-13-11-22(12-14-23)28(29,30)31/h3-14,17-19H,15-16H2,1-2H3,(H2,32,33,34)/b35-17+,36-27-. The fourth-order valence-corrected chi connectivity index (χ4v) is 4.69. The molecular formula is C28H27F3N6S. The van der Waals surface area contributed by atoms with Crippen molar-refractivity contribution in [2.45, 2.75) is 25.9 Å². The lowest BCUT2D eigenvalue weighted by atomic mass is 10.0. The highest BCUT2D eigenvalue weighted by Crippen LogP contribution is 2.32. The number of nitrogens with zero attached hydrogens (tertiary/aromatic N) is 5. The van der Waals surface area contributed by atoms with Gasteiger partial charge in [-0.2, -0.15) is 18.3 Å². The monoisotopic (exact) mass is 536 g/mol. The van der Waals surface area contributed by atoms with Gasteiger partial charge in [-0.25, -0.2) is 9.98 Å². The van der Waals surface area contributed by atoms with Gasteiger partial charge in [0.15, 0.2) is 5.17 Å². The zero-order chi connectivity index (χ0) is 27.1. The van der Waals surface area contributed by atoms with E-state index in [9.17, 15) is 13.2 Å². The molecule has 1 fully saturated rings. The Labute approximate surface area is 223 Å². The molecule has 196 valence electrons. The number of aliphatic imine (C=N–C) groups is 2. The lowest BCUT2D eigenvalue weighted by molar-refractivity contribution is -0.137. The normalized spacial score (nSPS) is 16.0. The maximum atomic E-state index is 12.7. The average molecular weight is 537 g/mol. The Kier molecular flexibility index (Phi) is 8.62. The van der Waals surface area contributed by atoms with Crippen LogP contribution in [0.2, 0.25) is 0 Å². The van der Waals surface area contributed by atoms with Gasteiger partial charge in [0, 0.05) is 23.5 Å². The number of rotatable bonds is 7. The Morgan fingerprint density at radius 3 is 2.39 bits per heavy atom. The summed E-state index contributed by atoms with van der Waals surface area (Å²) in [4.78, 5) is 10.3. The van der Waals surface area contributed by atoms with Gasteiger partial charge in [0.25, 0.3) is 0 Å². The second kappa shape index (κ2) is 12.1. The predicted octanol–water partition coefficient (Wildman–Crippen LogP) is 6.84. The number of nitrogens with two attached hydrogens (primary N) is 1. The van der Waals surface area contributed by atoms with Crippen molar-refractivity contribution in [3.63, 3.8) is 0 Å². The van der Waals surface area contributed by atoms with Crippen molar-refractivity contribution in [1.82, 2.24) is 0 Å². The number of hydrogen-bond donors (Lipinski definition) is 1. The third-order valence-corrected chi connectivity index (χ3v) is 6.73. The molecule has 4 rings (SSSR count). The van der Waals surface area contributed by atoms with Crippen LogP contribution in [0.15, 0.2) is 93.0 Å². The summed E-state index contributed by atoms with van der Waals surface area (Å²) in [5, 5.41) is 9.64. The summed E-state index contributed by atoms with van der Waals surface area (Å²) in [6, 6.07) is 20.2. The number of para-hydroxylation sites is 1. The summed E-state index contributed by atoms with van der Waals surface area (Å²) in [7, 11) is 0. The maximum absolute atomic E-state index is 12.7. The van der Waals surface area contributed by atoms with Gasteiger partial charge in [0.05, 0.1) is 17.5 Å². The summed E-state index contributed by atoms with van der Waals surface area (Å²) < 4.78 is 38.0. The molecule has 1 heterocycles. The molecule has 1 aliphatic rings. The SMILES string of the molecule is CC(C)c1ccccc1N1CCS/C1=N\N=C\c1ccc(C(N)=NC=Nc2ccc(C(F)(F)F)cc2)cc1. The first-order valence-corrected chi connectivity index (χ1v) is 12.9. The zero-order valence-corrected chi connectivity index (χ0v) is 21.7. The van der Waals surface area contributed by atoms with Crippen LogP contribution < -0.4 is 10.6 Å². The van der Waals surface area contributed by atoms with Gasteiger partial charge in [-0.15, -0.1) is 5.10 Å². The minimum Gasteiger partial charge on any atom is -0.383 e. The molecule has 0 aromatic heterocycles. The van der Waals surface area contributed by atoms with Crippen molar-refractivity contribution >= 4 is 46.7 Å². The van der Waals surface area contributed by atoms with Crippen LogP contribution in [0.5, 0.6) is 0 Å². The van der Waals surface area contributed by atoms with Crippen molar-refractivity contribution in [2.75, 3.05) is 17.2 Å². The highest BCUT2D eigenvalue weighted by molar-refractivity contribution is 8.14. The largest absolute Gasteiger partial charge is 0.416 e. The number of anilines is 1. The van der Waals surface area contributed by atoms with E-state index in [4.69, 9.17) is 5.73 Å². The number of alkyl halides is 3. The topological polar surface area (TPSA) is 78.7 Å². The molecule has 3 aromatic rings. The third-order valence-electron chi connectivity index (χ3n) is 5.78. The second-order valence-electron chi connectivity index (χ2n) is 8.77. The van der Waals surface area contributed by atoms with Crippen molar-refractivity contribution in [2.24, 2.45) is 25.9 Å². The van der Waals surface area contributed by atoms with Crippen molar-refractivity contribution in [3.05, 3.63) is 95.1 Å². The van der Waals surface area contributed by atoms with E-state index in [1.807, 2.05) is 18.2 Å². The first-order valence-electron chi connectivity index (χ1n) is 12.0. The highest BCUT2D eigenvalue weighted by Gasteiger charge is 2.29. The maximum Gasteiger partial charge on any atom is 0.416 e. The summed E-state index contributed by atoms with van der Waals surface area (Å²) in [6.07, 6.45) is -1.49. The van der Waals surface area contributed by atoms with Gasteiger partial charge in [0.1, 0.15) is 12.2 Å². The minimum atomic E-state index is -4.38. The summed E-state index contributed by atoms with van der Waals surface area (Å²) in [6.45, 7) is 5.26. The lowest BCUT2D eigenvalue weighted by Crippen LogP contribution is -2.24. The van der Waals surface area contributed by atoms with E-state index >= 15 is 0 Å². The second-order valence-corrected chi connectivity index (χ2v) is 9.83. The van der Waals surface area contributed by atoms with Crippen LogP contribution in [0, 0.1) is 0 Å². The predicted molar refractivity (Wildman–Crippen MR) is 152 cm³/mol. The molecule has 6 nitrogen and oxygen atoms in total. The molecule has 0 aliphatic carbocycles. The Hall–Kier alpha value is -3.92. The quantitative estimate of drug-likeness (QED) is 0.204. The number of benzene rings is 3. The molecule has 0 saturated carbocycles. The Morgan fingerprint density at radius 2 is 1.71 bits per heavy atom. The van der Waals surface area contributed by atoms with E-state index in [2.05, 4.69) is 57.1 Å². The van der Waals surface area contributed by atoms with Gasteiger partial charge in [-0.05, 0) is 47.4 Å². The van der Waals surface area contributed by atoms with E-state index in [0.717, 1.165) is 35.2 Å². The average Bonchev–Trinajstić information content (AvgIpc) is 3.37. The molecule has 38 heavy (non-hydrogen) atoms. The fourth-order valence-electron chi connectivity index (χ4n) is 3.78. The Bertz CT molecular complexity index is 1360. The number of thioether (sulfide) groups is 1. The van der Waals surface area contributed by atoms with Crippen LogP contribution in [0.3, 0.4) is 0 Å². The molecule has 10 heteroatoms. The van der Waals surface area contributed by atoms with Gasteiger partial charge >= 0.3 is 6.18 Å². The summed E-state index contributed by atoms with van der Waals surface area (Å²) in [5.41, 5.74) is 9.61. The van der Waals surface area contributed by atoms with E-state index in [0.29, 0.717) is 17.2 Å². The molecule has 3 aromatic carbocycles. The molecular weight excluding hydrogens is 509 g/mol. The van der Waals surface area contributed by atoms with Crippen LogP contribution in [-0.4, -0.2) is 35.9 Å². The fraction of sp³-hybridized carbons (Fsp3) is 0.214. The van der Waals surface area contributed by atoms with Crippen LogP contribution in [0.1, 0.15) is 42.0 Å². The van der Waals surface area contributed by atoms with Crippen molar-refractivity contribution < 1.29 is 13.2 Å². The summed E-state index contributed by atoms with van der Waals surface area (Å²) >= 11 is 1.68. The molecule has 0 radical (unpaired) electrons.